The molecule has 2 aromatic rings. The van der Waals surface area contributed by atoms with E-state index in [1.165, 1.54) is 27.8 Å². The molecule has 1 aromatic carbocycles. The SMILES string of the molecule is Cc1nnc(N2CCN(S(=O)(=O)c3ccc(F)cc3)CC2)s1. The van der Waals surface area contributed by atoms with Gasteiger partial charge in [0.2, 0.25) is 15.2 Å². The minimum atomic E-state index is -3.57. The van der Waals surface area contributed by atoms with Crippen molar-refractivity contribution in [2.45, 2.75) is 11.8 Å². The van der Waals surface area contributed by atoms with Gasteiger partial charge in [0.25, 0.3) is 0 Å². The summed E-state index contributed by atoms with van der Waals surface area (Å²) in [7, 11) is -3.57. The Morgan fingerprint density at radius 3 is 2.27 bits per heavy atom. The predicted octanol–water partition coefficient (Wildman–Crippen LogP) is 1.50. The highest BCUT2D eigenvalue weighted by Crippen LogP contribution is 2.23. The van der Waals surface area contributed by atoms with E-state index in [1.807, 2.05) is 11.8 Å². The van der Waals surface area contributed by atoms with Crippen LogP contribution in [0.4, 0.5) is 9.52 Å². The van der Waals surface area contributed by atoms with Gasteiger partial charge in [0.1, 0.15) is 10.8 Å². The summed E-state index contributed by atoms with van der Waals surface area (Å²) in [5, 5.41) is 9.76. The van der Waals surface area contributed by atoms with Gasteiger partial charge in [-0.1, -0.05) is 11.3 Å². The van der Waals surface area contributed by atoms with Crippen molar-refractivity contribution in [1.29, 1.82) is 0 Å². The Kier molecular flexibility index (Phi) is 4.11. The quantitative estimate of drug-likeness (QED) is 0.846. The van der Waals surface area contributed by atoms with Crippen molar-refractivity contribution in [2.75, 3.05) is 31.1 Å². The maximum absolute atomic E-state index is 12.9. The average molecular weight is 342 g/mol. The lowest BCUT2D eigenvalue weighted by atomic mass is 10.4. The molecule has 0 aliphatic carbocycles. The lowest BCUT2D eigenvalue weighted by molar-refractivity contribution is 0.384. The fraction of sp³-hybridized carbons (Fsp3) is 0.385. The highest BCUT2D eigenvalue weighted by Gasteiger charge is 2.29. The smallest absolute Gasteiger partial charge is 0.243 e. The molecule has 22 heavy (non-hydrogen) atoms. The van der Waals surface area contributed by atoms with Crippen LogP contribution >= 0.6 is 11.3 Å². The molecule has 1 aliphatic heterocycles. The Hall–Kier alpha value is -1.58. The molecule has 118 valence electrons. The van der Waals surface area contributed by atoms with Crippen molar-refractivity contribution in [3.05, 3.63) is 35.1 Å². The molecule has 0 N–H and O–H groups in total. The predicted molar refractivity (Wildman–Crippen MR) is 82.0 cm³/mol. The van der Waals surface area contributed by atoms with E-state index in [0.29, 0.717) is 26.2 Å². The van der Waals surface area contributed by atoms with Crippen LogP contribution < -0.4 is 4.90 Å². The van der Waals surface area contributed by atoms with E-state index < -0.39 is 15.8 Å². The largest absolute Gasteiger partial charge is 0.344 e. The van der Waals surface area contributed by atoms with Crippen molar-refractivity contribution in [3.63, 3.8) is 0 Å². The van der Waals surface area contributed by atoms with Crippen molar-refractivity contribution in [3.8, 4) is 0 Å². The maximum atomic E-state index is 12.9. The minimum absolute atomic E-state index is 0.120. The summed E-state index contributed by atoms with van der Waals surface area (Å²) in [6.07, 6.45) is 0. The average Bonchev–Trinajstić information content (AvgIpc) is 2.94. The number of aromatic nitrogens is 2. The molecule has 1 saturated heterocycles. The van der Waals surface area contributed by atoms with Crippen molar-refractivity contribution in [2.24, 2.45) is 0 Å². The zero-order valence-electron chi connectivity index (χ0n) is 11.9. The van der Waals surface area contributed by atoms with Gasteiger partial charge >= 0.3 is 0 Å². The standard InChI is InChI=1S/C13H15FN4O2S2/c1-10-15-16-13(21-10)17-6-8-18(9-7-17)22(19,20)12-4-2-11(14)3-5-12/h2-5H,6-9H2,1H3. The van der Waals surface area contributed by atoms with Gasteiger partial charge in [0, 0.05) is 26.2 Å². The van der Waals surface area contributed by atoms with E-state index in [4.69, 9.17) is 0 Å². The number of benzene rings is 1. The molecule has 9 heteroatoms. The zero-order chi connectivity index (χ0) is 15.7. The van der Waals surface area contributed by atoms with E-state index in [2.05, 4.69) is 10.2 Å². The molecular formula is C13H15FN4O2S2. The highest BCUT2D eigenvalue weighted by molar-refractivity contribution is 7.89. The van der Waals surface area contributed by atoms with E-state index in [1.54, 1.807) is 0 Å². The van der Waals surface area contributed by atoms with Crippen LogP contribution in [0.2, 0.25) is 0 Å². The molecule has 0 unspecified atom stereocenters. The minimum Gasteiger partial charge on any atom is -0.344 e. The first kappa shape index (κ1) is 15.3. The first-order valence-electron chi connectivity index (χ1n) is 6.77. The van der Waals surface area contributed by atoms with E-state index in [0.717, 1.165) is 22.3 Å². The summed E-state index contributed by atoms with van der Waals surface area (Å²) >= 11 is 1.50. The second-order valence-electron chi connectivity index (χ2n) is 4.95. The number of nitrogens with zero attached hydrogens (tertiary/aromatic N) is 4. The summed E-state index contributed by atoms with van der Waals surface area (Å²) in [5.41, 5.74) is 0. The van der Waals surface area contributed by atoms with Crippen LogP contribution in [0.3, 0.4) is 0 Å². The van der Waals surface area contributed by atoms with E-state index >= 15 is 0 Å². The third kappa shape index (κ3) is 2.96. The van der Waals surface area contributed by atoms with Crippen LogP contribution in [-0.4, -0.2) is 49.1 Å². The molecule has 1 aliphatic rings. The second kappa shape index (κ2) is 5.90. The number of halogens is 1. The zero-order valence-corrected chi connectivity index (χ0v) is 13.6. The van der Waals surface area contributed by atoms with Crippen molar-refractivity contribution >= 4 is 26.5 Å². The third-order valence-electron chi connectivity index (χ3n) is 3.48. The number of piperazine rings is 1. The molecular weight excluding hydrogens is 327 g/mol. The first-order chi connectivity index (χ1) is 10.5. The van der Waals surface area contributed by atoms with Crippen LogP contribution in [0, 0.1) is 12.7 Å². The Morgan fingerprint density at radius 1 is 1.09 bits per heavy atom. The number of anilines is 1. The molecule has 0 atom stereocenters. The van der Waals surface area contributed by atoms with Gasteiger partial charge < -0.3 is 4.90 Å². The number of hydrogen-bond acceptors (Lipinski definition) is 6. The van der Waals surface area contributed by atoms with Crippen LogP contribution in [0.15, 0.2) is 29.2 Å². The van der Waals surface area contributed by atoms with Crippen molar-refractivity contribution in [1.82, 2.24) is 14.5 Å². The van der Waals surface area contributed by atoms with Crippen molar-refractivity contribution < 1.29 is 12.8 Å². The number of hydrogen-bond donors (Lipinski definition) is 0. The lowest BCUT2D eigenvalue weighted by Gasteiger charge is -2.33. The number of rotatable bonds is 3. The summed E-state index contributed by atoms with van der Waals surface area (Å²) in [6.45, 7) is 3.76. The Balaban J connectivity index is 1.71. The van der Waals surface area contributed by atoms with Gasteiger partial charge in [0.15, 0.2) is 0 Å². The van der Waals surface area contributed by atoms with E-state index in [-0.39, 0.29) is 4.90 Å². The van der Waals surface area contributed by atoms with Gasteiger partial charge in [0.05, 0.1) is 4.90 Å². The molecule has 1 aromatic heterocycles. The molecule has 0 spiro atoms. The lowest BCUT2D eigenvalue weighted by Crippen LogP contribution is -2.48. The molecule has 0 radical (unpaired) electrons. The Morgan fingerprint density at radius 2 is 1.73 bits per heavy atom. The Labute approximate surface area is 132 Å². The summed E-state index contributed by atoms with van der Waals surface area (Å²) < 4.78 is 39.4. The highest BCUT2D eigenvalue weighted by atomic mass is 32.2. The van der Waals surface area contributed by atoms with Crippen LogP contribution in [0.25, 0.3) is 0 Å². The van der Waals surface area contributed by atoms with Crippen LogP contribution in [-0.2, 0) is 10.0 Å². The number of aryl methyl sites for hydroxylation is 1. The monoisotopic (exact) mass is 342 g/mol. The number of sulfonamides is 1. The molecule has 3 rings (SSSR count). The fourth-order valence-electron chi connectivity index (χ4n) is 2.29. The van der Waals surface area contributed by atoms with Gasteiger partial charge in [-0.3, -0.25) is 0 Å². The topological polar surface area (TPSA) is 66.4 Å². The third-order valence-corrected chi connectivity index (χ3v) is 6.29. The second-order valence-corrected chi connectivity index (χ2v) is 8.05. The Bertz CT molecular complexity index is 753. The summed E-state index contributed by atoms with van der Waals surface area (Å²) in [6, 6.07) is 4.91. The maximum Gasteiger partial charge on any atom is 0.243 e. The summed E-state index contributed by atoms with van der Waals surface area (Å²) in [4.78, 5) is 2.15. The molecule has 0 saturated carbocycles. The van der Waals surface area contributed by atoms with Gasteiger partial charge in [-0.15, -0.1) is 10.2 Å². The molecule has 2 heterocycles. The van der Waals surface area contributed by atoms with E-state index in [9.17, 15) is 12.8 Å². The fourth-order valence-corrected chi connectivity index (χ4v) is 4.45. The van der Waals surface area contributed by atoms with Crippen LogP contribution in [0.5, 0.6) is 0 Å². The van der Waals surface area contributed by atoms with Gasteiger partial charge in [-0.05, 0) is 31.2 Å². The molecule has 0 amide bonds. The normalized spacial score (nSPS) is 16.9. The first-order valence-corrected chi connectivity index (χ1v) is 9.03. The molecule has 1 fully saturated rings. The summed E-state index contributed by atoms with van der Waals surface area (Å²) in [5.74, 6) is -0.449. The van der Waals surface area contributed by atoms with Gasteiger partial charge in [-0.2, -0.15) is 4.31 Å². The molecule has 0 bridgehead atoms. The van der Waals surface area contributed by atoms with Gasteiger partial charge in [-0.25, -0.2) is 12.8 Å². The molecule has 6 nitrogen and oxygen atoms in total. The van der Waals surface area contributed by atoms with Crippen LogP contribution in [0.1, 0.15) is 5.01 Å².